The summed E-state index contributed by atoms with van der Waals surface area (Å²) < 4.78 is 39.7. The Morgan fingerprint density at radius 1 is 0.871 bits per heavy atom. The van der Waals surface area contributed by atoms with Gasteiger partial charge in [-0.05, 0) is 28.8 Å². The van der Waals surface area contributed by atoms with Crippen molar-refractivity contribution in [1.29, 1.82) is 0 Å². The van der Waals surface area contributed by atoms with Crippen LogP contribution in [0.15, 0.2) is 84.9 Å². The van der Waals surface area contributed by atoms with Crippen LogP contribution in [0.4, 0.5) is 4.39 Å². The molecule has 1 amide bonds. The summed E-state index contributed by atoms with van der Waals surface area (Å²) in [6.07, 6.45) is 0.956. The van der Waals surface area contributed by atoms with Crippen LogP contribution >= 0.6 is 0 Å². The normalized spacial score (nSPS) is 12.3. The van der Waals surface area contributed by atoms with Crippen LogP contribution < -0.4 is 4.72 Å². The molecule has 31 heavy (non-hydrogen) atoms. The van der Waals surface area contributed by atoms with Gasteiger partial charge in [-0.3, -0.25) is 4.79 Å². The Balaban J connectivity index is 1.85. The van der Waals surface area contributed by atoms with Crippen LogP contribution in [0, 0.1) is 5.82 Å². The predicted octanol–water partition coefficient (Wildman–Crippen LogP) is 4.04. The lowest BCUT2D eigenvalue weighted by molar-refractivity contribution is -0.133. The van der Waals surface area contributed by atoms with E-state index in [2.05, 4.69) is 4.72 Å². The minimum Gasteiger partial charge on any atom is -0.334 e. The minimum atomic E-state index is -3.59. The maximum absolute atomic E-state index is 13.3. The third kappa shape index (κ3) is 7.31. The maximum atomic E-state index is 13.3. The average Bonchev–Trinajstić information content (AvgIpc) is 2.74. The summed E-state index contributed by atoms with van der Waals surface area (Å²) in [5.41, 5.74) is 2.47. The van der Waals surface area contributed by atoms with Gasteiger partial charge < -0.3 is 4.90 Å². The number of benzene rings is 3. The van der Waals surface area contributed by atoms with Crippen molar-refractivity contribution in [3.05, 3.63) is 107 Å². The molecule has 0 saturated carbocycles. The monoisotopic (exact) mass is 440 g/mol. The number of sulfonamides is 1. The van der Waals surface area contributed by atoms with E-state index in [0.717, 1.165) is 17.4 Å². The highest BCUT2D eigenvalue weighted by molar-refractivity contribution is 7.88. The number of carbonyl (C=O) groups excluding carboxylic acids is 1. The lowest BCUT2D eigenvalue weighted by Crippen LogP contribution is -2.35. The summed E-state index contributed by atoms with van der Waals surface area (Å²) in [4.78, 5) is 15.0. The molecule has 0 bridgehead atoms. The Bertz CT molecular complexity index is 1050. The fourth-order valence-corrected chi connectivity index (χ4v) is 4.06. The van der Waals surface area contributed by atoms with Crippen LogP contribution in [0.2, 0.25) is 0 Å². The highest BCUT2D eigenvalue weighted by atomic mass is 32.2. The number of hydrogen-bond acceptors (Lipinski definition) is 3. The zero-order valence-corrected chi connectivity index (χ0v) is 18.1. The van der Waals surface area contributed by atoms with Gasteiger partial charge in [-0.15, -0.1) is 0 Å². The van der Waals surface area contributed by atoms with Crippen LogP contribution in [0.1, 0.15) is 29.2 Å². The molecule has 0 aliphatic heterocycles. The summed E-state index contributed by atoms with van der Waals surface area (Å²) in [5, 5.41) is 0. The molecule has 3 rings (SSSR count). The van der Waals surface area contributed by atoms with Crippen LogP contribution in [0.5, 0.6) is 0 Å². The Morgan fingerprint density at radius 3 is 1.81 bits per heavy atom. The molecule has 0 spiro atoms. The fraction of sp³-hybridized carbons (Fsp3) is 0.208. The van der Waals surface area contributed by atoms with E-state index in [1.54, 1.807) is 4.90 Å². The predicted molar refractivity (Wildman–Crippen MR) is 119 cm³/mol. The van der Waals surface area contributed by atoms with E-state index >= 15 is 0 Å². The van der Waals surface area contributed by atoms with Crippen molar-refractivity contribution in [2.24, 2.45) is 0 Å². The third-order valence-electron chi connectivity index (χ3n) is 4.79. The lowest BCUT2D eigenvalue weighted by Gasteiger charge is -2.26. The van der Waals surface area contributed by atoms with Gasteiger partial charge in [0.05, 0.1) is 12.3 Å². The Morgan fingerprint density at radius 2 is 1.35 bits per heavy atom. The van der Waals surface area contributed by atoms with Gasteiger partial charge in [0.2, 0.25) is 15.9 Å². The molecule has 3 aromatic carbocycles. The first kappa shape index (κ1) is 22.7. The molecule has 7 heteroatoms. The number of halogens is 1. The fourth-order valence-electron chi connectivity index (χ4n) is 3.32. The smallest absolute Gasteiger partial charge is 0.225 e. The van der Waals surface area contributed by atoms with E-state index in [0.29, 0.717) is 18.7 Å². The summed E-state index contributed by atoms with van der Waals surface area (Å²) in [6, 6.07) is 23.9. The van der Waals surface area contributed by atoms with E-state index in [4.69, 9.17) is 0 Å². The molecule has 0 saturated heterocycles. The molecular formula is C24H25FN2O3S. The maximum Gasteiger partial charge on any atom is 0.225 e. The molecule has 3 aromatic rings. The topological polar surface area (TPSA) is 66.5 Å². The second kappa shape index (κ2) is 10.3. The number of carbonyl (C=O) groups is 1. The Kier molecular flexibility index (Phi) is 7.55. The van der Waals surface area contributed by atoms with Gasteiger partial charge >= 0.3 is 0 Å². The minimum absolute atomic E-state index is 0.0850. The molecule has 1 unspecified atom stereocenters. The van der Waals surface area contributed by atoms with Crippen molar-refractivity contribution in [1.82, 2.24) is 9.62 Å². The number of rotatable bonds is 9. The van der Waals surface area contributed by atoms with E-state index < -0.39 is 21.9 Å². The van der Waals surface area contributed by atoms with E-state index in [1.807, 2.05) is 60.7 Å². The van der Waals surface area contributed by atoms with Gasteiger partial charge in [0.25, 0.3) is 0 Å². The van der Waals surface area contributed by atoms with Crippen molar-refractivity contribution in [3.63, 3.8) is 0 Å². The van der Waals surface area contributed by atoms with Gasteiger partial charge in [-0.1, -0.05) is 72.8 Å². The number of nitrogens with one attached hydrogen (secondary N) is 1. The quantitative estimate of drug-likeness (QED) is 0.546. The summed E-state index contributed by atoms with van der Waals surface area (Å²) >= 11 is 0. The van der Waals surface area contributed by atoms with E-state index in [9.17, 15) is 17.6 Å². The number of hydrogen-bond donors (Lipinski definition) is 1. The van der Waals surface area contributed by atoms with Gasteiger partial charge in [0.1, 0.15) is 5.82 Å². The second-order valence-corrected chi connectivity index (χ2v) is 9.20. The molecule has 0 heterocycles. The standard InChI is InChI=1S/C24H25FN2O3S/c1-31(29,30)26-23(21-12-14-22(25)15-13-21)16-24(28)27(17-19-8-4-2-5-9-19)18-20-10-6-3-7-11-20/h2-15,23,26H,16-18H2,1H3. The zero-order chi connectivity index (χ0) is 22.3. The van der Waals surface area contributed by atoms with Crippen LogP contribution in [0.25, 0.3) is 0 Å². The van der Waals surface area contributed by atoms with Crippen LogP contribution in [-0.4, -0.2) is 25.5 Å². The molecule has 0 radical (unpaired) electrons. The molecular weight excluding hydrogens is 415 g/mol. The molecule has 162 valence electrons. The first-order chi connectivity index (χ1) is 14.8. The third-order valence-corrected chi connectivity index (χ3v) is 5.51. The molecule has 0 fully saturated rings. The van der Waals surface area contributed by atoms with Crippen LogP contribution in [-0.2, 0) is 27.9 Å². The highest BCUT2D eigenvalue weighted by Gasteiger charge is 2.23. The van der Waals surface area contributed by atoms with Gasteiger partial charge in [0, 0.05) is 19.5 Å². The second-order valence-electron chi connectivity index (χ2n) is 7.42. The Hall–Kier alpha value is -3.03. The SMILES string of the molecule is CS(=O)(=O)NC(CC(=O)N(Cc1ccccc1)Cc1ccccc1)c1ccc(F)cc1. The summed E-state index contributed by atoms with van der Waals surface area (Å²) in [7, 11) is -3.59. The summed E-state index contributed by atoms with van der Waals surface area (Å²) in [5.74, 6) is -0.638. The van der Waals surface area contributed by atoms with Crippen LogP contribution in [0.3, 0.4) is 0 Å². The molecule has 1 N–H and O–H groups in total. The molecule has 5 nitrogen and oxygen atoms in total. The van der Waals surface area contributed by atoms with Crippen molar-refractivity contribution in [2.45, 2.75) is 25.6 Å². The first-order valence-electron chi connectivity index (χ1n) is 9.88. The summed E-state index contributed by atoms with van der Waals surface area (Å²) in [6.45, 7) is 0.785. The zero-order valence-electron chi connectivity index (χ0n) is 17.2. The largest absolute Gasteiger partial charge is 0.334 e. The van der Waals surface area contributed by atoms with Gasteiger partial charge in [0.15, 0.2) is 0 Å². The highest BCUT2D eigenvalue weighted by Crippen LogP contribution is 2.21. The van der Waals surface area contributed by atoms with Gasteiger partial charge in [-0.2, -0.15) is 0 Å². The number of amides is 1. The van der Waals surface area contributed by atoms with Crippen molar-refractivity contribution >= 4 is 15.9 Å². The molecule has 0 aliphatic rings. The van der Waals surface area contributed by atoms with E-state index in [-0.39, 0.29) is 12.3 Å². The van der Waals surface area contributed by atoms with Crippen molar-refractivity contribution in [3.8, 4) is 0 Å². The van der Waals surface area contributed by atoms with Gasteiger partial charge in [-0.25, -0.2) is 17.5 Å². The number of nitrogens with zero attached hydrogens (tertiary/aromatic N) is 1. The first-order valence-corrected chi connectivity index (χ1v) is 11.8. The molecule has 1 atom stereocenters. The average molecular weight is 441 g/mol. The van der Waals surface area contributed by atoms with Crippen molar-refractivity contribution < 1.29 is 17.6 Å². The lowest BCUT2D eigenvalue weighted by atomic mass is 10.0. The van der Waals surface area contributed by atoms with Crippen molar-refractivity contribution in [2.75, 3.05) is 6.26 Å². The van der Waals surface area contributed by atoms with E-state index in [1.165, 1.54) is 24.3 Å². The molecule has 0 aliphatic carbocycles. The molecule has 0 aromatic heterocycles. The Labute approximate surface area is 182 Å².